The molecular formula is C12H26N2O2S. The molecule has 0 aromatic rings. The molecule has 0 bridgehead atoms. The second-order valence-electron chi connectivity index (χ2n) is 4.85. The van der Waals surface area contributed by atoms with E-state index in [-0.39, 0.29) is 5.75 Å². The molecule has 0 spiro atoms. The van der Waals surface area contributed by atoms with Gasteiger partial charge in [0.1, 0.15) is 9.84 Å². The van der Waals surface area contributed by atoms with Gasteiger partial charge in [0.2, 0.25) is 0 Å². The van der Waals surface area contributed by atoms with Gasteiger partial charge in [-0.2, -0.15) is 0 Å². The maximum Gasteiger partial charge on any atom is 0.150 e. The zero-order valence-corrected chi connectivity index (χ0v) is 11.7. The van der Waals surface area contributed by atoms with Crippen LogP contribution in [0.3, 0.4) is 0 Å². The molecule has 1 fully saturated rings. The number of hydrogen-bond donors (Lipinski definition) is 1. The summed E-state index contributed by atoms with van der Waals surface area (Å²) in [6, 6.07) is 0.642. The van der Waals surface area contributed by atoms with Crippen molar-refractivity contribution in [3.8, 4) is 0 Å². The summed E-state index contributed by atoms with van der Waals surface area (Å²) in [5.41, 5.74) is 5.62. The number of sulfone groups is 1. The van der Waals surface area contributed by atoms with Gasteiger partial charge in [-0.3, -0.25) is 4.90 Å². The van der Waals surface area contributed by atoms with Gasteiger partial charge in [0, 0.05) is 24.9 Å². The van der Waals surface area contributed by atoms with Crippen LogP contribution in [0.1, 0.15) is 39.0 Å². The molecule has 0 amide bonds. The minimum atomic E-state index is -2.81. The average Bonchev–Trinajstić information content (AvgIpc) is 2.81. The third-order valence-corrected chi connectivity index (χ3v) is 5.39. The third-order valence-electron chi connectivity index (χ3n) is 3.60. The Labute approximate surface area is 105 Å². The molecule has 0 radical (unpaired) electrons. The fourth-order valence-corrected chi connectivity index (χ4v) is 3.40. The third kappa shape index (κ3) is 5.36. The summed E-state index contributed by atoms with van der Waals surface area (Å²) in [4.78, 5) is 2.39. The van der Waals surface area contributed by atoms with Crippen molar-refractivity contribution in [2.75, 3.05) is 31.1 Å². The van der Waals surface area contributed by atoms with Gasteiger partial charge >= 0.3 is 0 Å². The first-order valence-corrected chi connectivity index (χ1v) is 8.55. The van der Waals surface area contributed by atoms with E-state index in [1.54, 1.807) is 6.92 Å². The lowest BCUT2D eigenvalue weighted by atomic mass is 10.2. The van der Waals surface area contributed by atoms with Gasteiger partial charge in [-0.05, 0) is 25.8 Å². The van der Waals surface area contributed by atoms with Crippen molar-refractivity contribution in [2.24, 2.45) is 5.73 Å². The van der Waals surface area contributed by atoms with Crippen LogP contribution in [0.2, 0.25) is 0 Å². The van der Waals surface area contributed by atoms with Crippen molar-refractivity contribution in [1.29, 1.82) is 0 Å². The molecule has 0 unspecified atom stereocenters. The summed E-state index contributed by atoms with van der Waals surface area (Å²) in [6.45, 7) is 4.15. The van der Waals surface area contributed by atoms with Crippen molar-refractivity contribution in [3.05, 3.63) is 0 Å². The van der Waals surface area contributed by atoms with E-state index >= 15 is 0 Å². The molecule has 17 heavy (non-hydrogen) atoms. The number of rotatable bonds is 8. The van der Waals surface area contributed by atoms with Gasteiger partial charge in [0.05, 0.1) is 5.75 Å². The van der Waals surface area contributed by atoms with E-state index < -0.39 is 9.84 Å². The summed E-state index contributed by atoms with van der Waals surface area (Å²) in [5, 5.41) is 0. The Morgan fingerprint density at radius 1 is 1.24 bits per heavy atom. The van der Waals surface area contributed by atoms with Crippen LogP contribution in [0.25, 0.3) is 0 Å². The van der Waals surface area contributed by atoms with E-state index in [9.17, 15) is 8.42 Å². The number of nitrogens with zero attached hydrogens (tertiary/aromatic N) is 1. The van der Waals surface area contributed by atoms with Crippen LogP contribution >= 0.6 is 0 Å². The molecule has 102 valence electrons. The summed E-state index contributed by atoms with van der Waals surface area (Å²) < 4.78 is 22.8. The Hall–Kier alpha value is -0.130. The van der Waals surface area contributed by atoms with Gasteiger partial charge in [0.25, 0.3) is 0 Å². The van der Waals surface area contributed by atoms with Gasteiger partial charge in [0.15, 0.2) is 0 Å². The molecule has 1 saturated carbocycles. The van der Waals surface area contributed by atoms with Crippen molar-refractivity contribution in [3.63, 3.8) is 0 Å². The van der Waals surface area contributed by atoms with E-state index in [0.29, 0.717) is 18.3 Å². The first kappa shape index (κ1) is 14.9. The summed E-state index contributed by atoms with van der Waals surface area (Å²) in [5.74, 6) is 0.574. The van der Waals surface area contributed by atoms with Crippen LogP contribution in [-0.2, 0) is 9.84 Å². The zero-order valence-electron chi connectivity index (χ0n) is 10.9. The molecule has 5 heteroatoms. The van der Waals surface area contributed by atoms with E-state index in [2.05, 4.69) is 4.90 Å². The molecular weight excluding hydrogens is 236 g/mol. The molecule has 0 saturated heterocycles. The highest BCUT2D eigenvalue weighted by Crippen LogP contribution is 2.23. The fourth-order valence-electron chi connectivity index (χ4n) is 2.54. The summed E-state index contributed by atoms with van der Waals surface area (Å²) in [7, 11) is -2.81. The SMILES string of the molecule is CCS(=O)(=O)CCCN(CCN)C1CCCC1. The molecule has 0 atom stereocenters. The molecule has 2 N–H and O–H groups in total. The Morgan fingerprint density at radius 3 is 2.41 bits per heavy atom. The summed E-state index contributed by atoms with van der Waals surface area (Å²) >= 11 is 0. The molecule has 0 aromatic carbocycles. The highest BCUT2D eigenvalue weighted by molar-refractivity contribution is 7.91. The van der Waals surface area contributed by atoms with E-state index in [1.165, 1.54) is 25.7 Å². The van der Waals surface area contributed by atoms with E-state index in [4.69, 9.17) is 5.73 Å². The lowest BCUT2D eigenvalue weighted by Crippen LogP contribution is -2.38. The Balaban J connectivity index is 2.34. The molecule has 1 aliphatic carbocycles. The maximum atomic E-state index is 11.4. The number of hydrogen-bond acceptors (Lipinski definition) is 4. The normalized spacial score (nSPS) is 18.1. The molecule has 0 heterocycles. The van der Waals surface area contributed by atoms with Crippen molar-refractivity contribution in [1.82, 2.24) is 4.90 Å². The lowest BCUT2D eigenvalue weighted by molar-refractivity contribution is 0.204. The smallest absolute Gasteiger partial charge is 0.150 e. The molecule has 1 rings (SSSR count). The van der Waals surface area contributed by atoms with E-state index in [1.807, 2.05) is 0 Å². The lowest BCUT2D eigenvalue weighted by Gasteiger charge is -2.28. The van der Waals surface area contributed by atoms with Gasteiger partial charge in [-0.15, -0.1) is 0 Å². The maximum absolute atomic E-state index is 11.4. The first-order chi connectivity index (χ1) is 8.09. The fraction of sp³-hybridized carbons (Fsp3) is 1.00. The van der Waals surface area contributed by atoms with Crippen LogP contribution in [0.5, 0.6) is 0 Å². The predicted octanol–water partition coefficient (Wildman–Crippen LogP) is 1.01. The van der Waals surface area contributed by atoms with Crippen LogP contribution in [0.4, 0.5) is 0 Å². The van der Waals surface area contributed by atoms with Crippen LogP contribution < -0.4 is 5.73 Å². The minimum Gasteiger partial charge on any atom is -0.329 e. The van der Waals surface area contributed by atoms with Crippen LogP contribution in [0, 0.1) is 0 Å². The minimum absolute atomic E-state index is 0.257. The van der Waals surface area contributed by atoms with Crippen LogP contribution in [0.15, 0.2) is 0 Å². The second kappa shape index (κ2) is 7.34. The van der Waals surface area contributed by atoms with Crippen LogP contribution in [-0.4, -0.2) is 50.5 Å². The van der Waals surface area contributed by atoms with Crippen molar-refractivity contribution >= 4 is 9.84 Å². The van der Waals surface area contributed by atoms with E-state index in [0.717, 1.165) is 19.5 Å². The summed E-state index contributed by atoms with van der Waals surface area (Å²) in [6.07, 6.45) is 5.85. The monoisotopic (exact) mass is 262 g/mol. The molecule has 0 aromatic heterocycles. The second-order valence-corrected chi connectivity index (χ2v) is 7.33. The Kier molecular flexibility index (Phi) is 6.44. The number of nitrogens with two attached hydrogens (primary N) is 1. The van der Waals surface area contributed by atoms with Crippen molar-refractivity contribution < 1.29 is 8.42 Å². The quantitative estimate of drug-likeness (QED) is 0.709. The van der Waals surface area contributed by atoms with Crippen molar-refractivity contribution in [2.45, 2.75) is 45.1 Å². The van der Waals surface area contributed by atoms with Gasteiger partial charge in [-0.25, -0.2) is 8.42 Å². The molecule has 1 aliphatic rings. The Bertz CT molecular complexity index is 298. The average molecular weight is 262 g/mol. The predicted molar refractivity (Wildman–Crippen MR) is 71.8 cm³/mol. The highest BCUT2D eigenvalue weighted by atomic mass is 32.2. The highest BCUT2D eigenvalue weighted by Gasteiger charge is 2.21. The first-order valence-electron chi connectivity index (χ1n) is 6.73. The Morgan fingerprint density at radius 2 is 1.88 bits per heavy atom. The largest absolute Gasteiger partial charge is 0.329 e. The molecule has 4 nitrogen and oxygen atoms in total. The molecule has 0 aliphatic heterocycles. The zero-order chi connectivity index (χ0) is 12.7. The van der Waals surface area contributed by atoms with Gasteiger partial charge in [-0.1, -0.05) is 19.8 Å². The topological polar surface area (TPSA) is 63.4 Å². The van der Waals surface area contributed by atoms with Gasteiger partial charge < -0.3 is 5.73 Å². The standard InChI is InChI=1S/C12H26N2O2S/c1-2-17(15,16)11-5-9-14(10-8-13)12-6-3-4-7-12/h12H,2-11,13H2,1H3.